The lowest BCUT2D eigenvalue weighted by Crippen LogP contribution is -2.03. The highest BCUT2D eigenvalue weighted by molar-refractivity contribution is 5.36. The zero-order chi connectivity index (χ0) is 10.4. The number of aliphatic hydroxyl groups is 1. The van der Waals surface area contributed by atoms with E-state index in [0.717, 1.165) is 11.1 Å². The van der Waals surface area contributed by atoms with Gasteiger partial charge in [0.25, 0.3) is 0 Å². The van der Waals surface area contributed by atoms with Crippen LogP contribution in [0, 0.1) is 11.8 Å². The Kier molecular flexibility index (Phi) is 3.97. The minimum atomic E-state index is -0.653. The maximum Gasteiger partial charge on any atom is 0.136 e. The molecule has 0 heterocycles. The van der Waals surface area contributed by atoms with E-state index in [0.29, 0.717) is 0 Å². The normalized spacial score (nSPS) is 12.9. The predicted octanol–water partition coefficient (Wildman–Crippen LogP) is 2.37. The molecule has 0 saturated carbocycles. The molecule has 0 fully saturated rings. The van der Waals surface area contributed by atoms with E-state index in [1.807, 2.05) is 50.3 Å². The van der Waals surface area contributed by atoms with Gasteiger partial charge in [-0.3, -0.25) is 0 Å². The van der Waals surface area contributed by atoms with E-state index in [1.54, 1.807) is 0 Å². The molecule has 1 nitrogen and oxygen atoms in total. The zero-order valence-corrected chi connectivity index (χ0v) is 8.49. The van der Waals surface area contributed by atoms with Gasteiger partial charge in [0.05, 0.1) is 0 Å². The molecule has 72 valence electrons. The van der Waals surface area contributed by atoms with Crippen molar-refractivity contribution in [2.45, 2.75) is 20.0 Å². The average molecular weight is 186 g/mol. The van der Waals surface area contributed by atoms with Crippen LogP contribution in [-0.2, 0) is 0 Å². The molecule has 0 aliphatic carbocycles. The maximum absolute atomic E-state index is 9.54. The second kappa shape index (κ2) is 5.26. The van der Waals surface area contributed by atoms with E-state index in [1.165, 1.54) is 0 Å². The summed E-state index contributed by atoms with van der Waals surface area (Å²) >= 11 is 0. The van der Waals surface area contributed by atoms with Crippen LogP contribution in [0.25, 0.3) is 0 Å². The van der Waals surface area contributed by atoms with Crippen molar-refractivity contribution in [1.82, 2.24) is 0 Å². The van der Waals surface area contributed by atoms with Crippen molar-refractivity contribution < 1.29 is 5.11 Å². The van der Waals surface area contributed by atoms with Gasteiger partial charge in [0.1, 0.15) is 6.10 Å². The van der Waals surface area contributed by atoms with Crippen LogP contribution in [0.4, 0.5) is 0 Å². The molecular formula is C13H14O. The molecule has 0 aliphatic heterocycles. The van der Waals surface area contributed by atoms with Crippen molar-refractivity contribution in [2.75, 3.05) is 0 Å². The molecule has 14 heavy (non-hydrogen) atoms. The SMILES string of the molecule is C/C=C(/C)[C@@H](O)C#Cc1ccccc1. The van der Waals surface area contributed by atoms with Crippen molar-refractivity contribution in [2.24, 2.45) is 0 Å². The van der Waals surface area contributed by atoms with Crippen molar-refractivity contribution in [3.8, 4) is 11.8 Å². The Hall–Kier alpha value is -1.52. The molecule has 0 aromatic heterocycles. The number of rotatable bonds is 1. The summed E-state index contributed by atoms with van der Waals surface area (Å²) in [6, 6.07) is 9.64. The zero-order valence-electron chi connectivity index (χ0n) is 8.49. The van der Waals surface area contributed by atoms with Gasteiger partial charge in [-0.15, -0.1) is 0 Å². The fourth-order valence-corrected chi connectivity index (χ4v) is 0.945. The number of aliphatic hydroxyl groups excluding tert-OH is 1. The van der Waals surface area contributed by atoms with Gasteiger partial charge in [0.15, 0.2) is 0 Å². The highest BCUT2D eigenvalue weighted by Crippen LogP contribution is 2.00. The van der Waals surface area contributed by atoms with E-state index < -0.39 is 6.10 Å². The summed E-state index contributed by atoms with van der Waals surface area (Å²) in [5, 5.41) is 9.54. The molecule has 0 spiro atoms. The Balaban J connectivity index is 2.74. The summed E-state index contributed by atoms with van der Waals surface area (Å²) in [6.07, 6.45) is 1.21. The predicted molar refractivity (Wildman–Crippen MR) is 58.8 cm³/mol. The van der Waals surface area contributed by atoms with E-state index in [9.17, 15) is 5.11 Å². The topological polar surface area (TPSA) is 20.2 Å². The molecule has 1 heteroatoms. The standard InChI is InChI=1S/C13H14O/c1-3-11(2)13(14)10-9-12-7-5-4-6-8-12/h3-8,13-14H,1-2H3/b11-3-/t13-/m0/s1. The van der Waals surface area contributed by atoms with Crippen LogP contribution in [0.2, 0.25) is 0 Å². The lowest BCUT2D eigenvalue weighted by Gasteiger charge is -2.00. The van der Waals surface area contributed by atoms with Crippen molar-refractivity contribution >= 4 is 0 Å². The molecule has 0 bridgehead atoms. The lowest BCUT2D eigenvalue weighted by atomic mass is 10.1. The highest BCUT2D eigenvalue weighted by atomic mass is 16.3. The van der Waals surface area contributed by atoms with Crippen LogP contribution in [0.15, 0.2) is 42.0 Å². The van der Waals surface area contributed by atoms with Crippen molar-refractivity contribution in [1.29, 1.82) is 0 Å². The second-order valence-corrected chi connectivity index (χ2v) is 3.07. The molecule has 1 aromatic rings. The van der Waals surface area contributed by atoms with E-state index in [4.69, 9.17) is 0 Å². The smallest absolute Gasteiger partial charge is 0.136 e. The highest BCUT2D eigenvalue weighted by Gasteiger charge is 1.98. The molecule has 1 N–H and O–H groups in total. The molecule has 1 atom stereocenters. The third-order valence-electron chi connectivity index (χ3n) is 2.01. The minimum Gasteiger partial charge on any atom is -0.376 e. The van der Waals surface area contributed by atoms with Gasteiger partial charge in [-0.05, 0) is 31.6 Å². The fraction of sp³-hybridized carbons (Fsp3) is 0.231. The Morgan fingerprint density at radius 1 is 1.36 bits per heavy atom. The minimum absolute atomic E-state index is 0.653. The van der Waals surface area contributed by atoms with Gasteiger partial charge in [-0.1, -0.05) is 36.1 Å². The number of allylic oxidation sites excluding steroid dienone is 1. The van der Waals surface area contributed by atoms with Gasteiger partial charge in [0, 0.05) is 5.56 Å². The summed E-state index contributed by atoms with van der Waals surface area (Å²) in [7, 11) is 0. The van der Waals surface area contributed by atoms with Gasteiger partial charge in [-0.2, -0.15) is 0 Å². The fourth-order valence-electron chi connectivity index (χ4n) is 0.945. The van der Waals surface area contributed by atoms with Crippen molar-refractivity contribution in [3.05, 3.63) is 47.5 Å². The van der Waals surface area contributed by atoms with E-state index in [-0.39, 0.29) is 0 Å². The second-order valence-electron chi connectivity index (χ2n) is 3.07. The first-order valence-corrected chi connectivity index (χ1v) is 4.61. The molecule has 0 saturated heterocycles. The monoisotopic (exact) mass is 186 g/mol. The summed E-state index contributed by atoms with van der Waals surface area (Å²) < 4.78 is 0. The van der Waals surface area contributed by atoms with Crippen LogP contribution in [0.1, 0.15) is 19.4 Å². The lowest BCUT2D eigenvalue weighted by molar-refractivity contribution is 0.268. The maximum atomic E-state index is 9.54. The van der Waals surface area contributed by atoms with Crippen LogP contribution < -0.4 is 0 Å². The quantitative estimate of drug-likeness (QED) is 0.527. The average Bonchev–Trinajstić information content (AvgIpc) is 2.26. The first-order valence-electron chi connectivity index (χ1n) is 4.61. The third kappa shape index (κ3) is 3.08. The first-order chi connectivity index (χ1) is 6.74. The molecular weight excluding hydrogens is 172 g/mol. The Bertz CT molecular complexity index is 365. The van der Waals surface area contributed by atoms with Crippen LogP contribution in [-0.4, -0.2) is 11.2 Å². The molecule has 1 rings (SSSR count). The number of hydrogen-bond donors (Lipinski definition) is 1. The molecule has 0 aliphatic rings. The van der Waals surface area contributed by atoms with E-state index >= 15 is 0 Å². The molecule has 1 aromatic carbocycles. The van der Waals surface area contributed by atoms with Crippen LogP contribution in [0.3, 0.4) is 0 Å². The van der Waals surface area contributed by atoms with E-state index in [2.05, 4.69) is 11.8 Å². The Labute approximate surface area is 85.1 Å². The summed E-state index contributed by atoms with van der Waals surface area (Å²) in [4.78, 5) is 0. The van der Waals surface area contributed by atoms with Gasteiger partial charge in [0.2, 0.25) is 0 Å². The molecule has 0 amide bonds. The number of hydrogen-bond acceptors (Lipinski definition) is 1. The Morgan fingerprint density at radius 2 is 2.00 bits per heavy atom. The summed E-state index contributed by atoms with van der Waals surface area (Å²) in [5.74, 6) is 5.71. The van der Waals surface area contributed by atoms with Crippen LogP contribution >= 0.6 is 0 Å². The summed E-state index contributed by atoms with van der Waals surface area (Å²) in [6.45, 7) is 3.76. The Morgan fingerprint density at radius 3 is 2.57 bits per heavy atom. The van der Waals surface area contributed by atoms with Crippen LogP contribution in [0.5, 0.6) is 0 Å². The summed E-state index contributed by atoms with van der Waals surface area (Å²) in [5.41, 5.74) is 1.81. The first kappa shape index (κ1) is 10.6. The van der Waals surface area contributed by atoms with Gasteiger partial charge >= 0.3 is 0 Å². The van der Waals surface area contributed by atoms with Gasteiger partial charge < -0.3 is 5.11 Å². The molecule has 0 radical (unpaired) electrons. The van der Waals surface area contributed by atoms with Gasteiger partial charge in [-0.25, -0.2) is 0 Å². The largest absolute Gasteiger partial charge is 0.376 e. The third-order valence-corrected chi connectivity index (χ3v) is 2.01. The number of benzene rings is 1. The van der Waals surface area contributed by atoms with Crippen molar-refractivity contribution in [3.63, 3.8) is 0 Å². The molecule has 0 unspecified atom stereocenters.